The molecule has 2 atom stereocenters. The Morgan fingerprint density at radius 2 is 2.12 bits per heavy atom. The van der Waals surface area contributed by atoms with Crippen molar-refractivity contribution in [2.45, 2.75) is 25.3 Å². The molecule has 1 aromatic carbocycles. The van der Waals surface area contributed by atoms with Crippen molar-refractivity contribution in [2.24, 2.45) is 5.92 Å². The molecule has 0 saturated carbocycles. The number of hydrogen-bond acceptors (Lipinski definition) is 5. The highest BCUT2D eigenvalue weighted by Crippen LogP contribution is 2.29. The highest BCUT2D eigenvalue weighted by atomic mass is 16.5. The third kappa shape index (κ3) is 3.74. The number of carbonyl (C=O) groups excluding carboxylic acids is 2. The van der Waals surface area contributed by atoms with E-state index in [0.717, 1.165) is 38.2 Å². The highest BCUT2D eigenvalue weighted by molar-refractivity contribution is 6.06. The van der Waals surface area contributed by atoms with Gasteiger partial charge in [0.15, 0.2) is 0 Å². The van der Waals surface area contributed by atoms with Gasteiger partial charge in [-0.05, 0) is 50.6 Å². The molecule has 2 N–H and O–H groups in total. The van der Waals surface area contributed by atoms with Crippen molar-refractivity contribution in [3.63, 3.8) is 0 Å². The number of imide groups is 1. The van der Waals surface area contributed by atoms with E-state index in [-0.39, 0.29) is 11.8 Å². The van der Waals surface area contributed by atoms with E-state index in [2.05, 4.69) is 21.6 Å². The number of benzene rings is 1. The zero-order valence-corrected chi connectivity index (χ0v) is 14.2. The number of hydrogen-bond donors (Lipinski definition) is 2. The summed E-state index contributed by atoms with van der Waals surface area (Å²) in [6, 6.07) is 8.71. The average molecular weight is 342 g/mol. The second-order valence-corrected chi connectivity index (χ2v) is 6.74. The number of nitriles is 1. The van der Waals surface area contributed by atoms with Crippen LogP contribution in [0.5, 0.6) is 5.75 Å². The first kappa shape index (κ1) is 17.2. The Morgan fingerprint density at radius 1 is 1.36 bits per heavy atom. The average Bonchev–Trinajstić information content (AvgIpc) is 2.89. The smallest absolute Gasteiger partial charge is 0.322 e. The van der Waals surface area contributed by atoms with Crippen molar-refractivity contribution in [3.05, 3.63) is 29.8 Å². The normalized spacial score (nSPS) is 26.6. The molecule has 0 spiro atoms. The molecule has 7 nitrogen and oxygen atoms in total. The molecule has 2 heterocycles. The fraction of sp³-hybridized carbons (Fsp3) is 0.500. The van der Waals surface area contributed by atoms with E-state index in [1.807, 2.05) is 0 Å². The van der Waals surface area contributed by atoms with Crippen molar-refractivity contribution in [2.75, 3.05) is 26.2 Å². The van der Waals surface area contributed by atoms with Gasteiger partial charge in [0.1, 0.15) is 17.9 Å². The fourth-order valence-corrected chi connectivity index (χ4v) is 3.49. The summed E-state index contributed by atoms with van der Waals surface area (Å²) >= 11 is 0. The van der Waals surface area contributed by atoms with Crippen LogP contribution in [0.25, 0.3) is 0 Å². The Labute approximate surface area is 146 Å². The van der Waals surface area contributed by atoms with Gasteiger partial charge in [-0.1, -0.05) is 0 Å². The Balaban J connectivity index is 1.51. The van der Waals surface area contributed by atoms with E-state index in [4.69, 9.17) is 10.00 Å². The predicted octanol–water partition coefficient (Wildman–Crippen LogP) is 1.25. The summed E-state index contributed by atoms with van der Waals surface area (Å²) < 4.78 is 5.73. The minimum Gasteiger partial charge on any atom is -0.492 e. The molecule has 132 valence electrons. The van der Waals surface area contributed by atoms with Gasteiger partial charge in [0, 0.05) is 19.0 Å². The molecule has 3 amide bonds. The van der Waals surface area contributed by atoms with Crippen LogP contribution in [-0.2, 0) is 4.79 Å². The second kappa shape index (κ2) is 7.11. The van der Waals surface area contributed by atoms with E-state index >= 15 is 0 Å². The Kier molecular flexibility index (Phi) is 4.91. The number of nitrogens with zero attached hydrogens (tertiary/aromatic N) is 2. The van der Waals surface area contributed by atoms with Gasteiger partial charge in [-0.2, -0.15) is 5.26 Å². The maximum absolute atomic E-state index is 12.1. The zero-order chi connectivity index (χ0) is 17.9. The maximum Gasteiger partial charge on any atom is 0.322 e. The molecular weight excluding hydrogens is 320 g/mol. The number of urea groups is 1. The summed E-state index contributed by atoms with van der Waals surface area (Å²) in [5, 5.41) is 13.9. The summed E-state index contributed by atoms with van der Waals surface area (Å²) in [5.74, 6) is 0.586. The summed E-state index contributed by atoms with van der Waals surface area (Å²) in [6.07, 6.45) is 1.90. The molecule has 0 radical (unpaired) electrons. The van der Waals surface area contributed by atoms with Crippen molar-refractivity contribution in [1.29, 1.82) is 5.26 Å². The molecule has 0 aromatic heterocycles. The van der Waals surface area contributed by atoms with Crippen LogP contribution in [-0.4, -0.2) is 48.6 Å². The first-order valence-corrected chi connectivity index (χ1v) is 8.50. The third-order valence-electron chi connectivity index (χ3n) is 5.05. The van der Waals surface area contributed by atoms with Gasteiger partial charge in [0.05, 0.1) is 11.6 Å². The van der Waals surface area contributed by atoms with E-state index in [0.29, 0.717) is 12.2 Å². The van der Waals surface area contributed by atoms with Crippen LogP contribution in [0.2, 0.25) is 0 Å². The van der Waals surface area contributed by atoms with Gasteiger partial charge in [0.25, 0.3) is 5.91 Å². The lowest BCUT2D eigenvalue weighted by atomic mass is 9.80. The van der Waals surface area contributed by atoms with Crippen LogP contribution in [0.1, 0.15) is 25.3 Å². The summed E-state index contributed by atoms with van der Waals surface area (Å²) in [4.78, 5) is 25.8. The zero-order valence-electron chi connectivity index (χ0n) is 14.2. The molecular formula is C18H22N4O3. The highest BCUT2D eigenvalue weighted by Gasteiger charge is 2.48. The minimum atomic E-state index is -0.830. The Hall–Kier alpha value is -2.59. The summed E-state index contributed by atoms with van der Waals surface area (Å²) in [6.45, 7) is 4.80. The SMILES string of the molecule is C[C@@]1([C@@H]2CCCN(CCOc3ccc(C#N)cc3)C2)NC(=O)NC1=O. The molecule has 2 saturated heterocycles. The molecule has 7 heteroatoms. The summed E-state index contributed by atoms with van der Waals surface area (Å²) in [5.41, 5.74) is -0.222. The molecule has 3 rings (SSSR count). The van der Waals surface area contributed by atoms with Crippen molar-refractivity contribution in [3.8, 4) is 11.8 Å². The molecule has 0 bridgehead atoms. The minimum absolute atomic E-state index is 0.0858. The van der Waals surface area contributed by atoms with Gasteiger partial charge < -0.3 is 10.1 Å². The van der Waals surface area contributed by atoms with Gasteiger partial charge >= 0.3 is 6.03 Å². The summed E-state index contributed by atoms with van der Waals surface area (Å²) in [7, 11) is 0. The number of likely N-dealkylation sites (tertiary alicyclic amines) is 1. The van der Waals surface area contributed by atoms with Gasteiger partial charge in [-0.25, -0.2) is 4.79 Å². The molecule has 2 aliphatic rings. The lowest BCUT2D eigenvalue weighted by Crippen LogP contribution is -2.56. The van der Waals surface area contributed by atoms with Crippen molar-refractivity contribution >= 4 is 11.9 Å². The van der Waals surface area contributed by atoms with Crippen LogP contribution < -0.4 is 15.4 Å². The van der Waals surface area contributed by atoms with Gasteiger partial charge in [-0.15, -0.1) is 0 Å². The maximum atomic E-state index is 12.1. The van der Waals surface area contributed by atoms with E-state index in [1.54, 1.807) is 31.2 Å². The number of ether oxygens (including phenoxy) is 1. The van der Waals surface area contributed by atoms with Gasteiger partial charge in [0.2, 0.25) is 0 Å². The van der Waals surface area contributed by atoms with Crippen molar-refractivity contribution in [1.82, 2.24) is 15.5 Å². The first-order valence-electron chi connectivity index (χ1n) is 8.50. The number of amides is 3. The standard InChI is InChI=1S/C18H22N4O3/c1-18(16(23)20-17(24)21-18)14-3-2-8-22(12-14)9-10-25-15-6-4-13(11-19)5-7-15/h4-7,14H,2-3,8-10,12H2,1H3,(H2,20,21,23,24)/t14-,18+/m1/s1. The molecule has 0 aliphatic carbocycles. The van der Waals surface area contributed by atoms with Crippen molar-refractivity contribution < 1.29 is 14.3 Å². The molecule has 2 fully saturated rings. The van der Waals surface area contributed by atoms with Crippen LogP contribution in [0, 0.1) is 17.2 Å². The fourth-order valence-electron chi connectivity index (χ4n) is 3.49. The van der Waals surface area contributed by atoms with Crippen LogP contribution in [0.4, 0.5) is 4.79 Å². The van der Waals surface area contributed by atoms with E-state index in [9.17, 15) is 9.59 Å². The molecule has 2 aliphatic heterocycles. The van der Waals surface area contributed by atoms with Crippen LogP contribution >= 0.6 is 0 Å². The van der Waals surface area contributed by atoms with Crippen LogP contribution in [0.15, 0.2) is 24.3 Å². The predicted molar refractivity (Wildman–Crippen MR) is 90.9 cm³/mol. The van der Waals surface area contributed by atoms with Crippen LogP contribution in [0.3, 0.4) is 0 Å². The number of carbonyl (C=O) groups is 2. The number of rotatable bonds is 5. The first-order chi connectivity index (χ1) is 12.0. The molecule has 25 heavy (non-hydrogen) atoms. The quantitative estimate of drug-likeness (QED) is 0.785. The number of nitrogens with one attached hydrogen (secondary N) is 2. The van der Waals surface area contributed by atoms with E-state index in [1.165, 1.54) is 0 Å². The Morgan fingerprint density at radius 3 is 2.76 bits per heavy atom. The van der Waals surface area contributed by atoms with Gasteiger partial charge in [-0.3, -0.25) is 15.0 Å². The topological polar surface area (TPSA) is 94.5 Å². The molecule has 0 unspecified atom stereocenters. The third-order valence-corrected chi connectivity index (χ3v) is 5.05. The molecule has 1 aromatic rings. The second-order valence-electron chi connectivity index (χ2n) is 6.74. The Bertz CT molecular complexity index is 697. The lowest BCUT2D eigenvalue weighted by Gasteiger charge is -2.39. The van der Waals surface area contributed by atoms with E-state index < -0.39 is 11.6 Å². The number of piperidine rings is 1. The monoisotopic (exact) mass is 342 g/mol. The lowest BCUT2D eigenvalue weighted by molar-refractivity contribution is -0.126. The largest absolute Gasteiger partial charge is 0.492 e.